The monoisotopic (exact) mass is 303 g/mol. The molecule has 5 heteroatoms. The number of halogens is 1. The second kappa shape index (κ2) is 4.10. The van der Waals surface area contributed by atoms with Gasteiger partial charge in [0.05, 0.1) is 11.1 Å². The predicted octanol–water partition coefficient (Wildman–Crippen LogP) is 3.40. The number of imidazole rings is 1. The van der Waals surface area contributed by atoms with Crippen LogP contribution in [0.2, 0.25) is 0 Å². The van der Waals surface area contributed by atoms with Gasteiger partial charge in [0.15, 0.2) is 5.65 Å². The minimum Gasteiger partial charge on any atom is -0.507 e. The molecule has 2 N–H and O–H groups in total. The van der Waals surface area contributed by atoms with E-state index in [9.17, 15) is 5.11 Å². The van der Waals surface area contributed by atoms with Crippen molar-refractivity contribution in [3.8, 4) is 17.1 Å². The number of aryl methyl sites for hydroxylation is 1. The predicted molar refractivity (Wildman–Crippen MR) is 73.4 cm³/mol. The number of fused-ring (bicyclic) bond motifs is 1. The van der Waals surface area contributed by atoms with Crippen molar-refractivity contribution in [1.29, 1.82) is 0 Å². The van der Waals surface area contributed by atoms with Gasteiger partial charge in [0.25, 0.3) is 0 Å². The Morgan fingerprint density at radius 2 is 2.11 bits per heavy atom. The third-order valence-corrected chi connectivity index (χ3v) is 3.14. The fourth-order valence-electron chi connectivity index (χ4n) is 1.84. The second-order valence-electron chi connectivity index (χ2n) is 4.13. The van der Waals surface area contributed by atoms with E-state index in [1.807, 2.05) is 25.1 Å². The van der Waals surface area contributed by atoms with E-state index in [-0.39, 0.29) is 5.75 Å². The number of aromatic amines is 1. The Morgan fingerprint density at radius 3 is 2.94 bits per heavy atom. The molecule has 2 heterocycles. The van der Waals surface area contributed by atoms with Crippen LogP contribution in [0.25, 0.3) is 22.6 Å². The van der Waals surface area contributed by atoms with Crippen molar-refractivity contribution >= 4 is 27.1 Å². The van der Waals surface area contributed by atoms with Crippen LogP contribution < -0.4 is 0 Å². The largest absolute Gasteiger partial charge is 0.507 e. The molecule has 0 aliphatic heterocycles. The van der Waals surface area contributed by atoms with Gasteiger partial charge in [-0.1, -0.05) is 11.6 Å². The summed E-state index contributed by atoms with van der Waals surface area (Å²) in [5, 5.41) is 9.88. The number of benzene rings is 1. The normalized spacial score (nSPS) is 11.0. The lowest BCUT2D eigenvalue weighted by molar-refractivity contribution is 0.477. The zero-order chi connectivity index (χ0) is 12.7. The van der Waals surface area contributed by atoms with E-state index in [4.69, 9.17) is 0 Å². The lowest BCUT2D eigenvalue weighted by Crippen LogP contribution is -1.83. The molecule has 0 atom stereocenters. The molecule has 0 amide bonds. The molecule has 0 spiro atoms. The van der Waals surface area contributed by atoms with E-state index < -0.39 is 0 Å². The van der Waals surface area contributed by atoms with Crippen LogP contribution in [0.4, 0.5) is 0 Å². The van der Waals surface area contributed by atoms with Gasteiger partial charge in [0.1, 0.15) is 11.6 Å². The van der Waals surface area contributed by atoms with Crippen LogP contribution in [-0.4, -0.2) is 20.1 Å². The maximum atomic E-state index is 9.88. The number of phenols is 1. The minimum atomic E-state index is 0.207. The number of aromatic nitrogens is 3. The number of aromatic hydroxyl groups is 1. The maximum absolute atomic E-state index is 9.88. The van der Waals surface area contributed by atoms with Crippen LogP contribution in [0.15, 0.2) is 34.9 Å². The first-order valence-electron chi connectivity index (χ1n) is 5.45. The lowest BCUT2D eigenvalue weighted by atomic mass is 10.1. The molecule has 0 aliphatic carbocycles. The fraction of sp³-hybridized carbons (Fsp3) is 0.0769. The summed E-state index contributed by atoms with van der Waals surface area (Å²) in [5.41, 5.74) is 3.22. The Bertz CT molecular complexity index is 736. The van der Waals surface area contributed by atoms with Crippen LogP contribution >= 0.6 is 15.9 Å². The summed E-state index contributed by atoms with van der Waals surface area (Å²) >= 11 is 3.36. The van der Waals surface area contributed by atoms with E-state index >= 15 is 0 Å². The number of pyridine rings is 1. The zero-order valence-corrected chi connectivity index (χ0v) is 11.2. The summed E-state index contributed by atoms with van der Waals surface area (Å²) in [4.78, 5) is 11.7. The van der Waals surface area contributed by atoms with Gasteiger partial charge < -0.3 is 10.1 Å². The average Bonchev–Trinajstić information content (AvgIpc) is 2.74. The van der Waals surface area contributed by atoms with Crippen molar-refractivity contribution in [2.24, 2.45) is 0 Å². The highest BCUT2D eigenvalue weighted by Gasteiger charge is 2.10. The van der Waals surface area contributed by atoms with Crippen molar-refractivity contribution in [3.63, 3.8) is 0 Å². The Labute approximate surface area is 112 Å². The molecule has 0 bridgehead atoms. The van der Waals surface area contributed by atoms with Gasteiger partial charge in [-0.2, -0.15) is 0 Å². The van der Waals surface area contributed by atoms with Gasteiger partial charge >= 0.3 is 0 Å². The Kier molecular flexibility index (Phi) is 2.56. The number of H-pyrrole nitrogens is 1. The van der Waals surface area contributed by atoms with Crippen molar-refractivity contribution in [2.75, 3.05) is 0 Å². The molecule has 3 aromatic rings. The number of hydrogen-bond acceptors (Lipinski definition) is 3. The molecule has 0 aliphatic rings. The third kappa shape index (κ3) is 1.86. The average molecular weight is 304 g/mol. The van der Waals surface area contributed by atoms with Gasteiger partial charge in [0, 0.05) is 10.7 Å². The molecule has 0 unspecified atom stereocenters. The lowest BCUT2D eigenvalue weighted by Gasteiger charge is -2.01. The number of nitrogens with one attached hydrogen (secondary N) is 1. The molecule has 0 radical (unpaired) electrons. The van der Waals surface area contributed by atoms with Crippen molar-refractivity contribution in [2.45, 2.75) is 6.92 Å². The van der Waals surface area contributed by atoms with E-state index in [0.717, 1.165) is 15.6 Å². The summed E-state index contributed by atoms with van der Waals surface area (Å²) in [6, 6.07) is 7.32. The highest BCUT2D eigenvalue weighted by Crippen LogP contribution is 2.29. The van der Waals surface area contributed by atoms with Crippen molar-refractivity contribution < 1.29 is 5.11 Å². The van der Waals surface area contributed by atoms with Crippen LogP contribution in [0, 0.1) is 6.92 Å². The van der Waals surface area contributed by atoms with Gasteiger partial charge in [0.2, 0.25) is 0 Å². The molecule has 0 fully saturated rings. The van der Waals surface area contributed by atoms with E-state index in [1.165, 1.54) is 0 Å². The summed E-state index contributed by atoms with van der Waals surface area (Å²) in [5.74, 6) is 0.829. The molecule has 90 valence electrons. The molecule has 18 heavy (non-hydrogen) atoms. The molecule has 0 saturated carbocycles. The van der Waals surface area contributed by atoms with Gasteiger partial charge in [-0.15, -0.1) is 0 Å². The highest BCUT2D eigenvalue weighted by molar-refractivity contribution is 9.10. The van der Waals surface area contributed by atoms with Gasteiger partial charge in [-0.25, -0.2) is 9.97 Å². The Morgan fingerprint density at radius 1 is 1.28 bits per heavy atom. The van der Waals surface area contributed by atoms with E-state index in [0.29, 0.717) is 17.0 Å². The first-order chi connectivity index (χ1) is 8.63. The molecule has 1 aromatic carbocycles. The molecular formula is C13H10BrN3O. The summed E-state index contributed by atoms with van der Waals surface area (Å²) in [7, 11) is 0. The van der Waals surface area contributed by atoms with E-state index in [1.54, 1.807) is 12.3 Å². The SMILES string of the molecule is Cc1ccc(O)c(-c2nc3ncc(Br)cc3[nH]2)c1. The Hall–Kier alpha value is -1.88. The van der Waals surface area contributed by atoms with Gasteiger partial charge in [-0.3, -0.25) is 0 Å². The van der Waals surface area contributed by atoms with Crippen LogP contribution in [0.1, 0.15) is 5.56 Å². The number of nitrogens with zero attached hydrogens (tertiary/aromatic N) is 2. The summed E-state index contributed by atoms with van der Waals surface area (Å²) in [6.07, 6.45) is 1.70. The number of rotatable bonds is 1. The molecule has 0 saturated heterocycles. The van der Waals surface area contributed by atoms with Crippen LogP contribution in [-0.2, 0) is 0 Å². The second-order valence-corrected chi connectivity index (χ2v) is 5.05. The summed E-state index contributed by atoms with van der Waals surface area (Å²) < 4.78 is 0.888. The number of phenolic OH excluding ortho intramolecular Hbond substituents is 1. The summed E-state index contributed by atoms with van der Waals surface area (Å²) in [6.45, 7) is 1.97. The highest BCUT2D eigenvalue weighted by atomic mass is 79.9. The molecular weight excluding hydrogens is 294 g/mol. The number of hydrogen-bond donors (Lipinski definition) is 2. The maximum Gasteiger partial charge on any atom is 0.178 e. The van der Waals surface area contributed by atoms with Crippen molar-refractivity contribution in [1.82, 2.24) is 15.0 Å². The van der Waals surface area contributed by atoms with Gasteiger partial charge in [-0.05, 0) is 41.1 Å². The molecule has 2 aromatic heterocycles. The minimum absolute atomic E-state index is 0.207. The smallest absolute Gasteiger partial charge is 0.178 e. The first kappa shape index (κ1) is 11.2. The third-order valence-electron chi connectivity index (χ3n) is 2.71. The standard InChI is InChI=1S/C13H10BrN3O/c1-7-2-3-11(18)9(4-7)12-16-10-5-8(14)6-15-13(10)17-12/h2-6,18H,1H3,(H,15,16,17). The Balaban J connectivity index is 2.22. The molecule has 3 rings (SSSR count). The quantitative estimate of drug-likeness (QED) is 0.724. The zero-order valence-electron chi connectivity index (χ0n) is 9.61. The van der Waals surface area contributed by atoms with Crippen molar-refractivity contribution in [3.05, 3.63) is 40.5 Å². The fourth-order valence-corrected chi connectivity index (χ4v) is 2.17. The topological polar surface area (TPSA) is 61.8 Å². The van der Waals surface area contributed by atoms with E-state index in [2.05, 4.69) is 30.9 Å². The van der Waals surface area contributed by atoms with Crippen LogP contribution in [0.5, 0.6) is 5.75 Å². The molecule has 4 nitrogen and oxygen atoms in total. The van der Waals surface area contributed by atoms with Crippen LogP contribution in [0.3, 0.4) is 0 Å². The first-order valence-corrected chi connectivity index (χ1v) is 6.24.